The van der Waals surface area contributed by atoms with E-state index in [2.05, 4.69) is 43.3 Å². The van der Waals surface area contributed by atoms with Crippen LogP contribution in [0.1, 0.15) is 17.5 Å². The topological polar surface area (TPSA) is 43.8 Å². The normalized spacial score (nSPS) is 10.8. The molecule has 0 bridgehead atoms. The number of aryl methyl sites for hydroxylation is 3. The number of aromatic nitrogens is 2. The van der Waals surface area contributed by atoms with Crippen LogP contribution in [0.3, 0.4) is 0 Å². The van der Waals surface area contributed by atoms with Crippen LogP contribution < -0.4 is 5.73 Å². The molecule has 1 aromatic heterocycles. The van der Waals surface area contributed by atoms with Gasteiger partial charge in [-0.3, -0.25) is 4.68 Å². The van der Waals surface area contributed by atoms with E-state index in [0.29, 0.717) is 6.54 Å². The van der Waals surface area contributed by atoms with Gasteiger partial charge in [0.25, 0.3) is 0 Å². The molecule has 2 rings (SSSR count). The van der Waals surface area contributed by atoms with Crippen LogP contribution in [0.5, 0.6) is 0 Å². The molecule has 0 saturated heterocycles. The highest BCUT2D eigenvalue weighted by Gasteiger charge is 2.05. The van der Waals surface area contributed by atoms with E-state index >= 15 is 0 Å². The number of hydrogen-bond acceptors (Lipinski definition) is 2. The van der Waals surface area contributed by atoms with E-state index < -0.39 is 0 Å². The van der Waals surface area contributed by atoms with E-state index in [-0.39, 0.29) is 0 Å². The van der Waals surface area contributed by atoms with Gasteiger partial charge in [0.15, 0.2) is 0 Å². The van der Waals surface area contributed by atoms with Crippen LogP contribution in [0.15, 0.2) is 30.6 Å². The van der Waals surface area contributed by atoms with Crippen LogP contribution in [-0.2, 0) is 6.54 Å². The summed E-state index contributed by atoms with van der Waals surface area (Å²) in [6, 6.07) is 6.50. The first-order chi connectivity index (χ1) is 8.20. The van der Waals surface area contributed by atoms with Gasteiger partial charge in [0.05, 0.1) is 6.20 Å². The lowest BCUT2D eigenvalue weighted by Gasteiger charge is -2.04. The van der Waals surface area contributed by atoms with E-state index in [4.69, 9.17) is 5.73 Å². The molecule has 3 heteroatoms. The Labute approximate surface area is 102 Å². The zero-order valence-corrected chi connectivity index (χ0v) is 10.5. The van der Waals surface area contributed by atoms with Gasteiger partial charge >= 0.3 is 0 Å². The van der Waals surface area contributed by atoms with Crippen molar-refractivity contribution in [2.45, 2.75) is 26.8 Å². The van der Waals surface area contributed by atoms with Crippen LogP contribution in [0.25, 0.3) is 11.1 Å². The molecule has 0 amide bonds. The quantitative estimate of drug-likeness (QED) is 0.875. The summed E-state index contributed by atoms with van der Waals surface area (Å²) < 4.78 is 1.96. The molecule has 0 unspecified atom stereocenters. The Morgan fingerprint density at radius 3 is 2.88 bits per heavy atom. The standard InChI is InChI=1S/C14H19N3/c1-11-4-5-12(2)14(8-11)13-9-16-17(10-13)7-3-6-15/h4-5,8-10H,3,6-7,15H2,1-2H3. The maximum Gasteiger partial charge on any atom is 0.0568 e. The third-order valence-corrected chi connectivity index (χ3v) is 2.93. The number of rotatable bonds is 4. The van der Waals surface area contributed by atoms with Crippen LogP contribution in [0.2, 0.25) is 0 Å². The second-order valence-corrected chi connectivity index (χ2v) is 4.45. The van der Waals surface area contributed by atoms with Gasteiger partial charge in [0, 0.05) is 18.3 Å². The lowest BCUT2D eigenvalue weighted by atomic mass is 10.0. The van der Waals surface area contributed by atoms with Crippen LogP contribution in [0.4, 0.5) is 0 Å². The second kappa shape index (κ2) is 5.15. The van der Waals surface area contributed by atoms with Gasteiger partial charge in [-0.1, -0.05) is 23.8 Å². The molecule has 0 fully saturated rings. The fourth-order valence-electron chi connectivity index (χ4n) is 1.93. The fraction of sp³-hybridized carbons (Fsp3) is 0.357. The van der Waals surface area contributed by atoms with Gasteiger partial charge in [-0.25, -0.2) is 0 Å². The SMILES string of the molecule is Cc1ccc(C)c(-c2cnn(CCCN)c2)c1. The molecule has 2 N–H and O–H groups in total. The minimum atomic E-state index is 0.707. The molecule has 1 aromatic carbocycles. The van der Waals surface area contributed by atoms with E-state index in [1.54, 1.807) is 0 Å². The van der Waals surface area contributed by atoms with Crippen molar-refractivity contribution in [3.8, 4) is 11.1 Å². The highest BCUT2D eigenvalue weighted by molar-refractivity contribution is 5.66. The summed E-state index contributed by atoms with van der Waals surface area (Å²) in [6.45, 7) is 5.84. The molecule has 0 aliphatic carbocycles. The molecule has 0 aliphatic heterocycles. The Bertz CT molecular complexity index is 500. The smallest absolute Gasteiger partial charge is 0.0568 e. The van der Waals surface area contributed by atoms with Crippen molar-refractivity contribution in [1.29, 1.82) is 0 Å². The largest absolute Gasteiger partial charge is 0.330 e. The van der Waals surface area contributed by atoms with Gasteiger partial charge < -0.3 is 5.73 Å². The highest BCUT2D eigenvalue weighted by atomic mass is 15.3. The Morgan fingerprint density at radius 1 is 1.29 bits per heavy atom. The van der Waals surface area contributed by atoms with Gasteiger partial charge in [-0.15, -0.1) is 0 Å². The minimum absolute atomic E-state index is 0.707. The van der Waals surface area contributed by atoms with E-state index in [1.165, 1.54) is 22.3 Å². The summed E-state index contributed by atoms with van der Waals surface area (Å²) in [4.78, 5) is 0. The first kappa shape index (κ1) is 11.9. The van der Waals surface area contributed by atoms with Gasteiger partial charge in [-0.05, 0) is 37.9 Å². The third kappa shape index (κ3) is 2.74. The van der Waals surface area contributed by atoms with Crippen molar-refractivity contribution in [1.82, 2.24) is 9.78 Å². The molecule has 0 aliphatic rings. The number of nitrogens with two attached hydrogens (primary N) is 1. The second-order valence-electron chi connectivity index (χ2n) is 4.45. The third-order valence-electron chi connectivity index (χ3n) is 2.93. The van der Waals surface area contributed by atoms with E-state index in [1.807, 2.05) is 10.9 Å². The molecule has 1 heterocycles. The van der Waals surface area contributed by atoms with Crippen molar-refractivity contribution in [3.05, 3.63) is 41.7 Å². The van der Waals surface area contributed by atoms with E-state index in [9.17, 15) is 0 Å². The van der Waals surface area contributed by atoms with Gasteiger partial charge in [0.1, 0.15) is 0 Å². The predicted octanol–water partition coefficient (Wildman–Crippen LogP) is 2.52. The lowest BCUT2D eigenvalue weighted by molar-refractivity contribution is 0.585. The number of nitrogens with zero attached hydrogens (tertiary/aromatic N) is 2. The average Bonchev–Trinajstić information content (AvgIpc) is 2.78. The summed E-state index contributed by atoms with van der Waals surface area (Å²) in [5.74, 6) is 0. The summed E-state index contributed by atoms with van der Waals surface area (Å²) >= 11 is 0. The van der Waals surface area contributed by atoms with Crippen LogP contribution in [0, 0.1) is 13.8 Å². The maximum atomic E-state index is 5.50. The Kier molecular flexibility index (Phi) is 3.59. The summed E-state index contributed by atoms with van der Waals surface area (Å²) in [7, 11) is 0. The minimum Gasteiger partial charge on any atom is -0.330 e. The maximum absolute atomic E-state index is 5.50. The fourth-order valence-corrected chi connectivity index (χ4v) is 1.93. The molecular formula is C14H19N3. The van der Waals surface area contributed by atoms with Crippen LogP contribution in [-0.4, -0.2) is 16.3 Å². The van der Waals surface area contributed by atoms with Crippen molar-refractivity contribution < 1.29 is 0 Å². The van der Waals surface area contributed by atoms with Crippen LogP contribution >= 0.6 is 0 Å². The molecule has 3 nitrogen and oxygen atoms in total. The molecular weight excluding hydrogens is 210 g/mol. The Hall–Kier alpha value is -1.61. The van der Waals surface area contributed by atoms with Gasteiger partial charge in [0.2, 0.25) is 0 Å². The molecule has 0 spiro atoms. The van der Waals surface area contributed by atoms with Crippen molar-refractivity contribution >= 4 is 0 Å². The summed E-state index contributed by atoms with van der Waals surface area (Å²) in [5.41, 5.74) is 10.5. The molecule has 0 atom stereocenters. The summed E-state index contributed by atoms with van der Waals surface area (Å²) in [6.07, 6.45) is 4.99. The summed E-state index contributed by atoms with van der Waals surface area (Å²) in [5, 5.41) is 4.36. The zero-order valence-electron chi connectivity index (χ0n) is 10.5. The zero-order chi connectivity index (χ0) is 12.3. The van der Waals surface area contributed by atoms with Crippen molar-refractivity contribution in [2.75, 3.05) is 6.54 Å². The van der Waals surface area contributed by atoms with Crippen molar-refractivity contribution in [3.63, 3.8) is 0 Å². The Balaban J connectivity index is 2.27. The molecule has 0 saturated carbocycles. The first-order valence-electron chi connectivity index (χ1n) is 6.01. The lowest BCUT2D eigenvalue weighted by Crippen LogP contribution is -2.05. The molecule has 2 aromatic rings. The Morgan fingerprint density at radius 2 is 2.12 bits per heavy atom. The average molecular weight is 229 g/mol. The monoisotopic (exact) mass is 229 g/mol. The molecule has 17 heavy (non-hydrogen) atoms. The molecule has 90 valence electrons. The van der Waals surface area contributed by atoms with E-state index in [0.717, 1.165) is 13.0 Å². The van der Waals surface area contributed by atoms with Crippen molar-refractivity contribution in [2.24, 2.45) is 5.73 Å². The predicted molar refractivity (Wildman–Crippen MR) is 70.8 cm³/mol. The number of hydrogen-bond donors (Lipinski definition) is 1. The molecule has 0 radical (unpaired) electrons. The highest BCUT2D eigenvalue weighted by Crippen LogP contribution is 2.23. The first-order valence-corrected chi connectivity index (χ1v) is 6.01. The number of benzene rings is 1. The van der Waals surface area contributed by atoms with Gasteiger partial charge in [-0.2, -0.15) is 5.10 Å².